The lowest BCUT2D eigenvalue weighted by Crippen LogP contribution is -2.18. The maximum Gasteiger partial charge on any atom is 0.275 e. The lowest BCUT2D eigenvalue weighted by molar-refractivity contribution is -0.0390. The molecule has 0 spiro atoms. The molecule has 1 atom stereocenters. The summed E-state index contributed by atoms with van der Waals surface area (Å²) < 4.78 is 8.51. The van der Waals surface area contributed by atoms with Gasteiger partial charge in [0.1, 0.15) is 15.6 Å². The largest absolute Gasteiger partial charge is 0.397 e. The molecule has 1 aromatic carbocycles. The average Bonchev–Trinajstić information content (AvgIpc) is 3.43. The van der Waals surface area contributed by atoms with E-state index < -0.39 is 0 Å². The van der Waals surface area contributed by atoms with E-state index in [-0.39, 0.29) is 12.1 Å². The lowest BCUT2D eigenvalue weighted by Gasteiger charge is -2.22. The molecule has 164 valence electrons. The van der Waals surface area contributed by atoms with Crippen molar-refractivity contribution in [1.82, 2.24) is 19.7 Å². The third-order valence-corrected chi connectivity index (χ3v) is 7.07. The van der Waals surface area contributed by atoms with Crippen molar-refractivity contribution in [2.24, 2.45) is 0 Å². The van der Waals surface area contributed by atoms with Gasteiger partial charge in [-0.2, -0.15) is 5.10 Å². The van der Waals surface area contributed by atoms with Gasteiger partial charge >= 0.3 is 0 Å². The van der Waals surface area contributed by atoms with Crippen molar-refractivity contribution in [3.05, 3.63) is 50.4 Å². The van der Waals surface area contributed by atoms with Crippen molar-refractivity contribution in [3.8, 4) is 11.1 Å². The highest BCUT2D eigenvalue weighted by atomic mass is 127. The Labute approximate surface area is 202 Å². The molecule has 1 saturated heterocycles. The minimum atomic E-state index is -0.255. The van der Waals surface area contributed by atoms with Crippen LogP contribution in [0.4, 0.5) is 11.4 Å². The number of nitrogens with zero attached hydrogens (tertiary/aromatic N) is 4. The van der Waals surface area contributed by atoms with E-state index in [0.717, 1.165) is 56.6 Å². The van der Waals surface area contributed by atoms with Gasteiger partial charge in [0, 0.05) is 35.3 Å². The number of aryl methyl sites for hydroxylation is 1. The fraction of sp³-hybridized carbons (Fsp3) is 0.273. The van der Waals surface area contributed by atoms with E-state index in [4.69, 9.17) is 15.6 Å². The summed E-state index contributed by atoms with van der Waals surface area (Å²) >= 11 is 3.55. The number of anilines is 2. The standard InChI is InChI=1S/C22H21IN6O2S/c1-12-26-19(11-32-12)22(30)27-17-7-13(14-6-16(24)21(23)25-9-14)8-18-15(17)10-29(28-18)20-4-2-3-5-31-20/h6-11,20H,2-5,24H2,1H3,(H,27,30). The van der Waals surface area contributed by atoms with Crippen molar-refractivity contribution < 1.29 is 9.53 Å². The van der Waals surface area contributed by atoms with Crippen LogP contribution in [-0.4, -0.2) is 32.3 Å². The predicted octanol–water partition coefficient (Wildman–Crippen LogP) is 5.00. The van der Waals surface area contributed by atoms with E-state index in [9.17, 15) is 4.79 Å². The number of carbonyl (C=O) groups is 1. The Bertz CT molecular complexity index is 1310. The molecule has 10 heteroatoms. The van der Waals surface area contributed by atoms with Gasteiger partial charge in [-0.25, -0.2) is 14.6 Å². The number of pyridine rings is 1. The maximum atomic E-state index is 12.9. The first-order chi connectivity index (χ1) is 15.5. The molecule has 5 rings (SSSR count). The zero-order valence-electron chi connectivity index (χ0n) is 17.3. The molecular formula is C22H21IN6O2S. The molecular weight excluding hydrogens is 539 g/mol. The molecule has 4 heterocycles. The van der Waals surface area contributed by atoms with Gasteiger partial charge in [0.05, 0.1) is 21.9 Å². The summed E-state index contributed by atoms with van der Waals surface area (Å²) in [4.78, 5) is 21.6. The van der Waals surface area contributed by atoms with Crippen molar-refractivity contribution in [2.75, 3.05) is 17.7 Å². The highest BCUT2D eigenvalue weighted by Crippen LogP contribution is 2.33. The SMILES string of the molecule is Cc1nc(C(=O)Nc2cc(-c3cnc(I)c(N)c3)cc3nn(C4CCCCO4)cc23)cs1. The Morgan fingerprint density at radius 3 is 2.91 bits per heavy atom. The van der Waals surface area contributed by atoms with Gasteiger partial charge in [-0.15, -0.1) is 11.3 Å². The van der Waals surface area contributed by atoms with Crippen molar-refractivity contribution in [2.45, 2.75) is 32.4 Å². The number of fused-ring (bicyclic) bond motifs is 1. The molecule has 4 aromatic rings. The fourth-order valence-corrected chi connectivity index (χ4v) is 4.66. The predicted molar refractivity (Wildman–Crippen MR) is 134 cm³/mol. The zero-order valence-corrected chi connectivity index (χ0v) is 20.3. The lowest BCUT2D eigenvalue weighted by atomic mass is 10.0. The molecule has 3 N–H and O–H groups in total. The van der Waals surface area contributed by atoms with Crippen molar-refractivity contribution in [1.29, 1.82) is 0 Å². The molecule has 0 saturated carbocycles. The summed E-state index contributed by atoms with van der Waals surface area (Å²) in [5, 5.41) is 11.3. The summed E-state index contributed by atoms with van der Waals surface area (Å²) in [6, 6.07) is 5.80. The Kier molecular flexibility index (Phi) is 5.82. The number of thiazole rings is 1. The normalized spacial score (nSPS) is 16.4. The highest BCUT2D eigenvalue weighted by Gasteiger charge is 2.20. The molecule has 0 aliphatic carbocycles. The molecule has 32 heavy (non-hydrogen) atoms. The Morgan fingerprint density at radius 2 is 2.19 bits per heavy atom. The molecule has 8 nitrogen and oxygen atoms in total. The monoisotopic (exact) mass is 560 g/mol. The number of nitrogen functional groups attached to an aromatic ring is 1. The second-order valence-electron chi connectivity index (χ2n) is 7.70. The van der Waals surface area contributed by atoms with Crippen LogP contribution in [0.15, 0.2) is 36.0 Å². The third kappa shape index (κ3) is 4.21. The minimum Gasteiger partial charge on any atom is -0.397 e. The second-order valence-corrected chi connectivity index (χ2v) is 9.78. The van der Waals surface area contributed by atoms with Crippen LogP contribution in [0.5, 0.6) is 0 Å². The Balaban J connectivity index is 1.59. The number of rotatable bonds is 4. The van der Waals surface area contributed by atoms with E-state index in [1.54, 1.807) is 11.6 Å². The van der Waals surface area contributed by atoms with Gasteiger partial charge in [0.2, 0.25) is 0 Å². The number of carbonyl (C=O) groups excluding carboxylic acids is 1. The van der Waals surface area contributed by atoms with Crippen LogP contribution in [-0.2, 0) is 4.74 Å². The van der Waals surface area contributed by atoms with Gasteiger partial charge < -0.3 is 15.8 Å². The van der Waals surface area contributed by atoms with E-state index in [1.807, 2.05) is 36.0 Å². The first-order valence-corrected chi connectivity index (χ1v) is 12.2. The number of nitrogens with two attached hydrogens (primary N) is 1. The van der Waals surface area contributed by atoms with E-state index >= 15 is 0 Å². The van der Waals surface area contributed by atoms with Gasteiger partial charge in [0.25, 0.3) is 5.91 Å². The smallest absolute Gasteiger partial charge is 0.275 e. The number of nitrogens with one attached hydrogen (secondary N) is 1. The molecule has 1 aliphatic heterocycles. The summed E-state index contributed by atoms with van der Waals surface area (Å²) in [5.41, 5.74) is 10.2. The van der Waals surface area contributed by atoms with Crippen LogP contribution < -0.4 is 11.1 Å². The fourth-order valence-electron chi connectivity index (χ4n) is 3.77. The summed E-state index contributed by atoms with van der Waals surface area (Å²) in [6.45, 7) is 2.61. The Morgan fingerprint density at radius 1 is 1.31 bits per heavy atom. The van der Waals surface area contributed by atoms with Crippen LogP contribution in [0.25, 0.3) is 22.0 Å². The summed E-state index contributed by atoms with van der Waals surface area (Å²) in [7, 11) is 0. The van der Waals surface area contributed by atoms with Gasteiger partial charge in [-0.05, 0) is 72.5 Å². The maximum absolute atomic E-state index is 12.9. The van der Waals surface area contributed by atoms with Crippen LogP contribution in [0.1, 0.15) is 41.0 Å². The first-order valence-electron chi connectivity index (χ1n) is 10.3. The van der Waals surface area contributed by atoms with E-state index in [1.165, 1.54) is 11.3 Å². The first kappa shape index (κ1) is 21.3. The number of benzene rings is 1. The molecule has 1 unspecified atom stereocenters. The van der Waals surface area contributed by atoms with E-state index in [0.29, 0.717) is 17.1 Å². The minimum absolute atomic E-state index is 0.0973. The Hall–Kier alpha value is -2.57. The van der Waals surface area contributed by atoms with Gasteiger partial charge in [0.15, 0.2) is 0 Å². The van der Waals surface area contributed by atoms with Crippen LogP contribution in [0.2, 0.25) is 0 Å². The van der Waals surface area contributed by atoms with Crippen LogP contribution in [0.3, 0.4) is 0 Å². The molecule has 3 aromatic heterocycles. The molecule has 1 aliphatic rings. The number of hydrogen-bond donors (Lipinski definition) is 2. The molecule has 1 fully saturated rings. The number of halogens is 1. The number of aromatic nitrogens is 4. The van der Waals surface area contributed by atoms with Gasteiger partial charge in [-0.1, -0.05) is 0 Å². The number of amides is 1. The molecule has 0 bridgehead atoms. The van der Waals surface area contributed by atoms with Gasteiger partial charge in [-0.3, -0.25) is 4.79 Å². The number of ether oxygens (including phenoxy) is 1. The topological polar surface area (TPSA) is 108 Å². The third-order valence-electron chi connectivity index (χ3n) is 5.39. The zero-order chi connectivity index (χ0) is 22.2. The van der Waals surface area contributed by atoms with Crippen molar-refractivity contribution >= 4 is 62.1 Å². The van der Waals surface area contributed by atoms with Crippen molar-refractivity contribution in [3.63, 3.8) is 0 Å². The van der Waals surface area contributed by atoms with Crippen LogP contribution in [0, 0.1) is 10.6 Å². The quantitative estimate of drug-likeness (QED) is 0.269. The average molecular weight is 560 g/mol. The summed E-state index contributed by atoms with van der Waals surface area (Å²) in [6.07, 6.45) is 6.70. The van der Waals surface area contributed by atoms with E-state index in [2.05, 4.69) is 37.9 Å². The molecule has 0 radical (unpaired) electrons. The summed E-state index contributed by atoms with van der Waals surface area (Å²) in [5.74, 6) is -0.255. The second kappa shape index (κ2) is 8.75. The van der Waals surface area contributed by atoms with Crippen LogP contribution >= 0.6 is 33.9 Å². The highest BCUT2D eigenvalue weighted by molar-refractivity contribution is 14.1. The molecule has 1 amide bonds. The number of hydrogen-bond acceptors (Lipinski definition) is 7.